The Kier molecular flexibility index (Phi) is 5.97. The molecule has 0 amide bonds. The van der Waals surface area contributed by atoms with Crippen molar-refractivity contribution in [2.75, 3.05) is 0 Å². The first kappa shape index (κ1) is 22.2. The van der Waals surface area contributed by atoms with Crippen molar-refractivity contribution >= 4 is 34.3 Å². The number of nitrogens with zero attached hydrogens (tertiary/aromatic N) is 2. The van der Waals surface area contributed by atoms with Gasteiger partial charge in [-0.05, 0) is 32.9 Å². The normalized spacial score (nSPS) is 11.8. The maximum Gasteiger partial charge on any atom is 0.293 e. The Morgan fingerprint density at radius 1 is 1.10 bits per heavy atom. The third-order valence-corrected chi connectivity index (χ3v) is 4.51. The summed E-state index contributed by atoms with van der Waals surface area (Å²) in [5.41, 5.74) is 3.71. The molecule has 0 bridgehead atoms. The Bertz CT molecular complexity index is 1190. The molecule has 162 valence electrons. The molecular formula is C24H28N4O3. The lowest BCUT2D eigenvalue weighted by atomic mass is 9.87. The molecule has 0 aliphatic rings. The van der Waals surface area contributed by atoms with Crippen LogP contribution in [0.1, 0.15) is 51.9 Å². The van der Waals surface area contributed by atoms with Crippen LogP contribution in [-0.4, -0.2) is 37.8 Å². The van der Waals surface area contributed by atoms with Crippen LogP contribution in [0.5, 0.6) is 0 Å². The van der Waals surface area contributed by atoms with Gasteiger partial charge in [-0.1, -0.05) is 39.0 Å². The van der Waals surface area contributed by atoms with Crippen LogP contribution in [0, 0.1) is 5.41 Å². The average Bonchev–Trinajstić information content (AvgIpc) is 3.29. The van der Waals surface area contributed by atoms with Gasteiger partial charge in [0, 0.05) is 22.5 Å². The Labute approximate surface area is 181 Å². The van der Waals surface area contributed by atoms with Gasteiger partial charge in [-0.25, -0.2) is 9.97 Å². The van der Waals surface area contributed by atoms with Crippen LogP contribution < -0.4 is 0 Å². The Morgan fingerprint density at radius 2 is 1.81 bits per heavy atom. The van der Waals surface area contributed by atoms with E-state index in [2.05, 4.69) is 24.7 Å². The molecule has 31 heavy (non-hydrogen) atoms. The average molecular weight is 421 g/mol. The van der Waals surface area contributed by atoms with E-state index in [-0.39, 0.29) is 11.4 Å². The zero-order valence-electron chi connectivity index (χ0n) is 18.7. The highest BCUT2D eigenvalue weighted by molar-refractivity contribution is 6.08. The second kappa shape index (κ2) is 8.34. The first-order valence-electron chi connectivity index (χ1n) is 10.1. The molecule has 3 heterocycles. The zero-order chi connectivity index (χ0) is 22.8. The first-order chi connectivity index (χ1) is 14.5. The highest BCUT2D eigenvalue weighted by atomic mass is 16.5. The number of para-hydroxylation sites is 1. The number of fused-ring (bicyclic) bond motifs is 2. The van der Waals surface area contributed by atoms with Gasteiger partial charge in [0.2, 0.25) is 0 Å². The van der Waals surface area contributed by atoms with E-state index in [1.807, 2.05) is 71.9 Å². The molecule has 1 aromatic carbocycles. The second-order valence-corrected chi connectivity index (χ2v) is 9.33. The summed E-state index contributed by atoms with van der Waals surface area (Å²) in [5, 5.41) is 1.12. The minimum atomic E-state index is -0.464. The molecule has 4 rings (SSSR count). The molecule has 2 N–H and O–H groups in total. The fraction of sp³-hybridized carbons (Fsp3) is 0.333. The summed E-state index contributed by atoms with van der Waals surface area (Å²) in [6, 6.07) is 10.1. The van der Waals surface area contributed by atoms with Crippen LogP contribution in [0.25, 0.3) is 33.5 Å². The molecule has 0 aliphatic carbocycles. The van der Waals surface area contributed by atoms with Crippen molar-refractivity contribution in [3.8, 4) is 11.4 Å². The molecule has 0 fully saturated rings. The van der Waals surface area contributed by atoms with Crippen LogP contribution in [0.4, 0.5) is 0 Å². The molecule has 0 saturated carbocycles. The fourth-order valence-electron chi connectivity index (χ4n) is 2.95. The van der Waals surface area contributed by atoms with Crippen LogP contribution >= 0.6 is 0 Å². The monoisotopic (exact) mass is 420 g/mol. The predicted molar refractivity (Wildman–Crippen MR) is 122 cm³/mol. The summed E-state index contributed by atoms with van der Waals surface area (Å²) < 4.78 is 4.55. The number of nitrogens with one attached hydrogen (secondary N) is 2. The van der Waals surface area contributed by atoms with E-state index in [9.17, 15) is 9.59 Å². The fourth-order valence-corrected chi connectivity index (χ4v) is 2.95. The second-order valence-electron chi connectivity index (χ2n) is 9.33. The molecule has 0 radical (unpaired) electrons. The number of rotatable bonds is 3. The van der Waals surface area contributed by atoms with Crippen molar-refractivity contribution < 1.29 is 14.3 Å². The maximum absolute atomic E-state index is 12.6. The van der Waals surface area contributed by atoms with Crippen LogP contribution in [0.3, 0.4) is 0 Å². The highest BCUT2D eigenvalue weighted by Gasteiger charge is 2.26. The Hall–Kier alpha value is -3.48. The number of hydrogen-bond donors (Lipinski definition) is 2. The van der Waals surface area contributed by atoms with Crippen LogP contribution in [0.15, 0.2) is 42.7 Å². The first-order valence-corrected chi connectivity index (χ1v) is 10.1. The molecule has 3 aromatic heterocycles. The predicted octanol–water partition coefficient (Wildman–Crippen LogP) is 5.29. The summed E-state index contributed by atoms with van der Waals surface area (Å²) in [5.74, 6) is 0.0526. The van der Waals surface area contributed by atoms with Gasteiger partial charge in [-0.3, -0.25) is 9.59 Å². The van der Waals surface area contributed by atoms with Crippen LogP contribution in [-0.2, 0) is 9.53 Å². The van der Waals surface area contributed by atoms with Gasteiger partial charge < -0.3 is 14.7 Å². The van der Waals surface area contributed by atoms with Crippen molar-refractivity contribution in [2.24, 2.45) is 5.41 Å². The molecule has 0 atom stereocenters. The van der Waals surface area contributed by atoms with Gasteiger partial charge in [-0.15, -0.1) is 0 Å². The van der Waals surface area contributed by atoms with E-state index in [1.165, 1.54) is 0 Å². The minimum absolute atomic E-state index is 0.0526. The number of benzene rings is 1. The third-order valence-electron chi connectivity index (χ3n) is 4.51. The highest BCUT2D eigenvalue weighted by Crippen LogP contribution is 2.27. The van der Waals surface area contributed by atoms with Gasteiger partial charge in [0.1, 0.15) is 16.8 Å². The summed E-state index contributed by atoms with van der Waals surface area (Å²) in [4.78, 5) is 37.7. The van der Waals surface area contributed by atoms with Gasteiger partial charge in [0.05, 0.1) is 17.5 Å². The van der Waals surface area contributed by atoms with Gasteiger partial charge in [-0.2, -0.15) is 0 Å². The number of aromatic amines is 2. The zero-order valence-corrected chi connectivity index (χ0v) is 18.7. The van der Waals surface area contributed by atoms with Crippen molar-refractivity contribution in [3.63, 3.8) is 0 Å². The lowest BCUT2D eigenvalue weighted by Gasteiger charge is -2.15. The molecule has 0 spiro atoms. The number of H-pyrrole nitrogens is 2. The van der Waals surface area contributed by atoms with Crippen molar-refractivity contribution in [1.29, 1.82) is 0 Å². The molecule has 0 aliphatic heterocycles. The van der Waals surface area contributed by atoms with E-state index in [0.717, 1.165) is 22.3 Å². The summed E-state index contributed by atoms with van der Waals surface area (Å²) in [6.07, 6.45) is 3.42. The van der Waals surface area contributed by atoms with Crippen molar-refractivity contribution in [3.05, 3.63) is 48.3 Å². The number of carbonyl (C=O) groups is 2. The quantitative estimate of drug-likeness (QED) is 0.346. The molecule has 7 heteroatoms. The number of hydrogen-bond acceptors (Lipinski definition) is 5. The van der Waals surface area contributed by atoms with Crippen molar-refractivity contribution in [1.82, 2.24) is 19.9 Å². The summed E-state index contributed by atoms with van der Waals surface area (Å²) in [7, 11) is 0. The number of Topliss-reactive ketones (excluding diaryl/α,β-unsaturated/α-hetero) is 1. The summed E-state index contributed by atoms with van der Waals surface area (Å²) >= 11 is 0. The number of carbonyl (C=O) groups excluding carboxylic acids is 2. The minimum Gasteiger partial charge on any atom is -0.462 e. The molecular weight excluding hydrogens is 392 g/mol. The maximum atomic E-state index is 12.6. The molecule has 0 unspecified atom stereocenters. The smallest absolute Gasteiger partial charge is 0.293 e. The molecule has 4 aromatic rings. The Balaban J connectivity index is 0.000000339. The van der Waals surface area contributed by atoms with E-state index >= 15 is 0 Å². The van der Waals surface area contributed by atoms with Gasteiger partial charge >= 0.3 is 0 Å². The Morgan fingerprint density at radius 3 is 2.39 bits per heavy atom. The van der Waals surface area contributed by atoms with E-state index in [0.29, 0.717) is 23.2 Å². The lowest BCUT2D eigenvalue weighted by molar-refractivity contribution is -0.138. The van der Waals surface area contributed by atoms with Crippen LogP contribution in [0.2, 0.25) is 0 Å². The molecule has 0 saturated heterocycles. The SMILES string of the molecule is CC(C)(C)C(=O)c1c[nH]c2ncc(-c3cc4ccccc4[nH]3)nc12.CC(C)(C)OC=O. The molecule has 7 nitrogen and oxygen atoms in total. The lowest BCUT2D eigenvalue weighted by Crippen LogP contribution is -2.20. The van der Waals surface area contributed by atoms with Crippen molar-refractivity contribution in [2.45, 2.75) is 47.1 Å². The standard InChI is InChI=1S/C19H18N4O.C5H10O2/c1-19(2,3)17(24)12-9-20-18-16(12)23-15(10-21-18)14-8-11-6-4-5-7-13(11)22-14;1-5(2,3)7-4-6/h4-10,22H,1-3H3,(H,20,21);4H,1-3H3. The van der Waals surface area contributed by atoms with Gasteiger partial charge in [0.25, 0.3) is 6.47 Å². The largest absolute Gasteiger partial charge is 0.462 e. The number of ether oxygens (including phenoxy) is 1. The summed E-state index contributed by atoms with van der Waals surface area (Å²) in [6.45, 7) is 11.6. The third kappa shape index (κ3) is 5.17. The van der Waals surface area contributed by atoms with Gasteiger partial charge in [0.15, 0.2) is 11.4 Å². The van der Waals surface area contributed by atoms with E-state index < -0.39 is 5.41 Å². The number of ketones is 1. The topological polar surface area (TPSA) is 101 Å². The van der Waals surface area contributed by atoms with E-state index in [1.54, 1.807) is 12.4 Å². The van der Waals surface area contributed by atoms with E-state index in [4.69, 9.17) is 0 Å². The number of aromatic nitrogens is 4.